The molecular weight excluding hydrogens is 390 g/mol. The molecule has 1 aliphatic heterocycles. The van der Waals surface area contributed by atoms with E-state index in [1.54, 1.807) is 0 Å². The number of amides is 4. The van der Waals surface area contributed by atoms with Gasteiger partial charge in [-0.1, -0.05) is 29.5 Å². The highest BCUT2D eigenvalue weighted by Gasteiger charge is 2.52. The monoisotopic (exact) mass is 413 g/mol. The number of aromatic nitrogens is 2. The Kier molecular flexibility index (Phi) is 5.31. The third-order valence-electron chi connectivity index (χ3n) is 5.66. The molecule has 1 aliphatic carbocycles. The first-order chi connectivity index (χ1) is 14.0. The van der Waals surface area contributed by atoms with Gasteiger partial charge in [-0.3, -0.25) is 14.5 Å². The van der Waals surface area contributed by atoms with Gasteiger partial charge in [-0.25, -0.2) is 4.79 Å². The van der Waals surface area contributed by atoms with Gasteiger partial charge in [-0.15, -0.1) is 5.10 Å². The molecule has 0 unspecified atom stereocenters. The maximum Gasteiger partial charge on any atom is 0.325 e. The molecule has 0 radical (unpaired) electrons. The van der Waals surface area contributed by atoms with Crippen molar-refractivity contribution in [3.8, 4) is 11.3 Å². The van der Waals surface area contributed by atoms with Crippen LogP contribution in [0.4, 0.5) is 10.5 Å². The smallest absolute Gasteiger partial charge is 0.325 e. The lowest BCUT2D eigenvalue weighted by Crippen LogP contribution is -2.44. The fraction of sp³-hybridized carbons (Fsp3) is 0.450. The Hall–Kier alpha value is -2.81. The second-order valence-electron chi connectivity index (χ2n) is 7.65. The SMILES string of the molecule is Cc1ccc(-c2csnn2)cc1NC(=O)CCCN1C(=O)NC2(CCCC2)C1=O. The van der Waals surface area contributed by atoms with E-state index < -0.39 is 5.54 Å². The van der Waals surface area contributed by atoms with Crippen LogP contribution in [0.25, 0.3) is 11.3 Å². The van der Waals surface area contributed by atoms with Crippen molar-refractivity contribution >= 4 is 35.1 Å². The maximum atomic E-state index is 12.6. The van der Waals surface area contributed by atoms with Gasteiger partial charge in [0.25, 0.3) is 5.91 Å². The molecule has 4 rings (SSSR count). The van der Waals surface area contributed by atoms with E-state index in [2.05, 4.69) is 20.2 Å². The third-order valence-corrected chi connectivity index (χ3v) is 6.16. The van der Waals surface area contributed by atoms with Gasteiger partial charge in [0.15, 0.2) is 0 Å². The molecule has 2 heterocycles. The number of anilines is 1. The van der Waals surface area contributed by atoms with Crippen molar-refractivity contribution in [2.45, 2.75) is 51.0 Å². The fourth-order valence-electron chi connectivity index (χ4n) is 4.01. The molecule has 1 saturated carbocycles. The molecule has 1 aromatic heterocycles. The van der Waals surface area contributed by atoms with Gasteiger partial charge < -0.3 is 10.6 Å². The highest BCUT2D eigenvalue weighted by Crippen LogP contribution is 2.35. The summed E-state index contributed by atoms with van der Waals surface area (Å²) in [5.41, 5.74) is 2.63. The standard InChI is InChI=1S/C20H23N5O3S/c1-13-6-7-14(16-12-29-24-23-16)11-15(13)21-17(26)5-4-10-25-18(27)20(22-19(25)28)8-2-3-9-20/h6-7,11-12H,2-5,8-10H2,1H3,(H,21,26)(H,22,28). The zero-order chi connectivity index (χ0) is 20.4. The number of carbonyl (C=O) groups excluding carboxylic acids is 3. The van der Waals surface area contributed by atoms with Crippen LogP contribution in [0, 0.1) is 6.92 Å². The van der Waals surface area contributed by atoms with Crippen molar-refractivity contribution in [1.29, 1.82) is 0 Å². The van der Waals surface area contributed by atoms with Crippen LogP contribution in [-0.2, 0) is 9.59 Å². The molecule has 152 valence electrons. The summed E-state index contributed by atoms with van der Waals surface area (Å²) in [6.07, 6.45) is 3.98. The largest absolute Gasteiger partial charge is 0.326 e. The third kappa shape index (κ3) is 3.87. The summed E-state index contributed by atoms with van der Waals surface area (Å²) in [6, 6.07) is 5.42. The number of rotatable bonds is 6. The summed E-state index contributed by atoms with van der Waals surface area (Å²) in [4.78, 5) is 38.5. The number of hydrogen-bond donors (Lipinski definition) is 2. The van der Waals surface area contributed by atoms with Crippen molar-refractivity contribution in [1.82, 2.24) is 19.8 Å². The molecule has 2 fully saturated rings. The molecule has 2 N–H and O–H groups in total. The minimum atomic E-state index is -0.693. The molecule has 2 aromatic rings. The van der Waals surface area contributed by atoms with Crippen molar-refractivity contribution in [2.24, 2.45) is 0 Å². The number of nitrogens with zero attached hydrogens (tertiary/aromatic N) is 3. The van der Waals surface area contributed by atoms with E-state index in [0.717, 1.165) is 35.3 Å². The summed E-state index contributed by atoms with van der Waals surface area (Å²) >= 11 is 1.28. The minimum absolute atomic E-state index is 0.138. The van der Waals surface area contributed by atoms with Crippen LogP contribution in [0.1, 0.15) is 44.1 Å². The van der Waals surface area contributed by atoms with E-state index >= 15 is 0 Å². The van der Waals surface area contributed by atoms with Crippen molar-refractivity contribution in [2.75, 3.05) is 11.9 Å². The molecule has 8 nitrogen and oxygen atoms in total. The predicted molar refractivity (Wildman–Crippen MR) is 109 cm³/mol. The fourth-order valence-corrected chi connectivity index (χ4v) is 4.48. The normalized spacial score (nSPS) is 17.8. The second-order valence-corrected chi connectivity index (χ2v) is 8.26. The lowest BCUT2D eigenvalue weighted by molar-refractivity contribution is -0.131. The van der Waals surface area contributed by atoms with Gasteiger partial charge in [-0.05, 0) is 49.3 Å². The molecule has 0 atom stereocenters. The van der Waals surface area contributed by atoms with Crippen molar-refractivity contribution in [3.63, 3.8) is 0 Å². The summed E-state index contributed by atoms with van der Waals surface area (Å²) < 4.78 is 3.87. The Morgan fingerprint density at radius 2 is 2.10 bits per heavy atom. The molecule has 1 saturated heterocycles. The topological polar surface area (TPSA) is 104 Å². The number of urea groups is 1. The number of carbonyl (C=O) groups is 3. The van der Waals surface area contributed by atoms with E-state index in [9.17, 15) is 14.4 Å². The Labute approximate surface area is 172 Å². The van der Waals surface area contributed by atoms with Gasteiger partial charge in [-0.2, -0.15) is 0 Å². The first-order valence-corrected chi connectivity index (χ1v) is 10.6. The minimum Gasteiger partial charge on any atom is -0.326 e. The number of aryl methyl sites for hydroxylation is 1. The Bertz CT molecular complexity index is 938. The van der Waals surface area contributed by atoms with Crippen LogP contribution in [0.2, 0.25) is 0 Å². The molecule has 1 spiro atoms. The Morgan fingerprint density at radius 1 is 1.31 bits per heavy atom. The van der Waals surface area contributed by atoms with Crippen LogP contribution in [0.3, 0.4) is 0 Å². The molecular formula is C20H23N5O3S. The molecule has 4 amide bonds. The maximum absolute atomic E-state index is 12.6. The second kappa shape index (κ2) is 7.90. The lowest BCUT2D eigenvalue weighted by atomic mass is 9.98. The van der Waals surface area contributed by atoms with Crippen molar-refractivity contribution < 1.29 is 14.4 Å². The summed E-state index contributed by atoms with van der Waals surface area (Å²) in [7, 11) is 0. The van der Waals surface area contributed by atoms with E-state index in [0.29, 0.717) is 19.3 Å². The van der Waals surface area contributed by atoms with Gasteiger partial charge in [0.2, 0.25) is 5.91 Å². The highest BCUT2D eigenvalue weighted by molar-refractivity contribution is 7.03. The Morgan fingerprint density at radius 3 is 2.83 bits per heavy atom. The Balaban J connectivity index is 1.32. The summed E-state index contributed by atoms with van der Waals surface area (Å²) in [6.45, 7) is 2.18. The molecule has 29 heavy (non-hydrogen) atoms. The zero-order valence-corrected chi connectivity index (χ0v) is 17.1. The van der Waals surface area contributed by atoms with E-state index in [-0.39, 0.29) is 30.8 Å². The number of hydrogen-bond acceptors (Lipinski definition) is 6. The highest BCUT2D eigenvalue weighted by atomic mass is 32.1. The van der Waals surface area contributed by atoms with Gasteiger partial charge in [0.1, 0.15) is 11.2 Å². The first kappa shape index (κ1) is 19.5. The van der Waals surface area contributed by atoms with E-state index in [1.165, 1.54) is 16.4 Å². The van der Waals surface area contributed by atoms with Crippen molar-refractivity contribution in [3.05, 3.63) is 29.1 Å². The summed E-state index contributed by atoms with van der Waals surface area (Å²) in [5.74, 6) is -0.287. The molecule has 0 bridgehead atoms. The van der Waals surface area contributed by atoms with Crippen LogP contribution >= 0.6 is 11.5 Å². The van der Waals surface area contributed by atoms with Crippen LogP contribution < -0.4 is 10.6 Å². The van der Waals surface area contributed by atoms with Gasteiger partial charge in [0.05, 0.1) is 0 Å². The van der Waals surface area contributed by atoms with Crippen LogP contribution in [0.15, 0.2) is 23.6 Å². The number of imide groups is 1. The average molecular weight is 414 g/mol. The molecule has 2 aliphatic rings. The van der Waals surface area contributed by atoms with E-state index in [4.69, 9.17) is 0 Å². The molecule has 1 aromatic carbocycles. The zero-order valence-electron chi connectivity index (χ0n) is 16.2. The van der Waals surface area contributed by atoms with E-state index in [1.807, 2.05) is 30.5 Å². The summed E-state index contributed by atoms with van der Waals surface area (Å²) in [5, 5.41) is 11.7. The average Bonchev–Trinajstić information content (AvgIpc) is 3.43. The first-order valence-electron chi connectivity index (χ1n) is 9.81. The van der Waals surface area contributed by atoms with Crippen LogP contribution in [-0.4, -0.2) is 44.4 Å². The van der Waals surface area contributed by atoms with Crippen LogP contribution in [0.5, 0.6) is 0 Å². The molecule has 9 heteroatoms. The quantitative estimate of drug-likeness (QED) is 0.708. The van der Waals surface area contributed by atoms with Gasteiger partial charge >= 0.3 is 6.03 Å². The lowest BCUT2D eigenvalue weighted by Gasteiger charge is -2.20. The number of benzene rings is 1. The van der Waals surface area contributed by atoms with Gasteiger partial charge in [0, 0.05) is 29.6 Å². The predicted octanol–water partition coefficient (Wildman–Crippen LogP) is 3.10. The number of nitrogens with one attached hydrogen (secondary N) is 2.